The van der Waals surface area contributed by atoms with Gasteiger partial charge in [-0.15, -0.1) is 0 Å². The number of ether oxygens (including phenoxy) is 2. The Hall–Kier alpha value is -3.61. The minimum absolute atomic E-state index is 0.291. The van der Waals surface area contributed by atoms with Crippen molar-refractivity contribution in [3.05, 3.63) is 71.2 Å². The van der Waals surface area contributed by atoms with Gasteiger partial charge in [0.2, 0.25) is 0 Å². The zero-order valence-electron chi connectivity index (χ0n) is 16.4. The highest BCUT2D eigenvalue weighted by Gasteiger charge is 2.15. The summed E-state index contributed by atoms with van der Waals surface area (Å²) in [7, 11) is 0. The van der Waals surface area contributed by atoms with Crippen molar-refractivity contribution < 1.29 is 14.3 Å². The van der Waals surface area contributed by atoms with Crippen LogP contribution in [0.2, 0.25) is 0 Å². The molecule has 1 aliphatic heterocycles. The fraction of sp³-hybridized carbons (Fsp3) is 0.227. The van der Waals surface area contributed by atoms with Crippen molar-refractivity contribution in [3.63, 3.8) is 0 Å². The third kappa shape index (κ3) is 4.45. The van der Waals surface area contributed by atoms with Crippen LogP contribution in [-0.4, -0.2) is 29.1 Å². The summed E-state index contributed by atoms with van der Waals surface area (Å²) in [5, 5.41) is 6.13. The lowest BCUT2D eigenvalue weighted by Gasteiger charge is -2.19. The minimum Gasteiger partial charge on any atom is -0.486 e. The number of rotatable bonds is 5. The summed E-state index contributed by atoms with van der Waals surface area (Å²) in [6, 6.07) is 15.1. The van der Waals surface area contributed by atoms with Crippen molar-refractivity contribution in [3.8, 4) is 11.5 Å². The predicted molar refractivity (Wildman–Crippen MR) is 111 cm³/mol. The normalized spacial score (nSPS) is 12.3. The number of aryl methyl sites for hydroxylation is 2. The first-order chi connectivity index (χ1) is 14.1. The molecule has 2 N–H and O–H groups in total. The number of benzene rings is 2. The molecule has 1 aliphatic rings. The lowest BCUT2D eigenvalue weighted by Crippen LogP contribution is -2.17. The lowest BCUT2D eigenvalue weighted by molar-refractivity contribution is 0.102. The molecule has 1 amide bonds. The quantitative estimate of drug-likeness (QED) is 0.691. The van der Waals surface area contributed by atoms with E-state index in [4.69, 9.17) is 9.47 Å². The maximum absolute atomic E-state index is 12.7. The van der Waals surface area contributed by atoms with Crippen LogP contribution in [0.3, 0.4) is 0 Å². The third-order valence-electron chi connectivity index (χ3n) is 4.59. The van der Waals surface area contributed by atoms with Gasteiger partial charge in [-0.3, -0.25) is 4.79 Å². The zero-order valence-corrected chi connectivity index (χ0v) is 16.4. The first-order valence-corrected chi connectivity index (χ1v) is 9.43. The summed E-state index contributed by atoms with van der Waals surface area (Å²) in [4.78, 5) is 21.4. The van der Waals surface area contributed by atoms with Gasteiger partial charge < -0.3 is 20.1 Å². The summed E-state index contributed by atoms with van der Waals surface area (Å²) in [5.74, 6) is 2.11. The monoisotopic (exact) mass is 390 g/mol. The fourth-order valence-corrected chi connectivity index (χ4v) is 3.09. The Bertz CT molecular complexity index is 1050. The molecule has 7 heteroatoms. The van der Waals surface area contributed by atoms with Crippen molar-refractivity contribution in [2.45, 2.75) is 20.4 Å². The number of amides is 1. The molecule has 29 heavy (non-hydrogen) atoms. The van der Waals surface area contributed by atoms with E-state index in [0.717, 1.165) is 0 Å². The predicted octanol–water partition coefficient (Wildman–Crippen LogP) is 3.73. The van der Waals surface area contributed by atoms with Crippen LogP contribution < -0.4 is 20.1 Å². The molecular formula is C22H22N4O3. The van der Waals surface area contributed by atoms with Crippen LogP contribution >= 0.6 is 0 Å². The molecule has 0 saturated heterocycles. The van der Waals surface area contributed by atoms with E-state index < -0.39 is 0 Å². The number of nitrogens with zero attached hydrogens (tertiary/aromatic N) is 2. The van der Waals surface area contributed by atoms with Gasteiger partial charge in [-0.2, -0.15) is 0 Å². The SMILES string of the molecule is Cc1nc(NCc2ccccc2C)cc(C(=O)Nc2ccc3c(c2)OCCO3)n1. The summed E-state index contributed by atoms with van der Waals surface area (Å²) >= 11 is 0. The Morgan fingerprint density at radius 2 is 1.79 bits per heavy atom. The molecule has 0 spiro atoms. The molecule has 1 aromatic heterocycles. The molecule has 0 saturated carbocycles. The van der Waals surface area contributed by atoms with E-state index in [1.807, 2.05) is 12.1 Å². The van der Waals surface area contributed by atoms with Gasteiger partial charge in [-0.05, 0) is 37.1 Å². The highest BCUT2D eigenvalue weighted by Crippen LogP contribution is 2.32. The van der Waals surface area contributed by atoms with E-state index in [9.17, 15) is 4.79 Å². The molecule has 0 atom stereocenters. The Balaban J connectivity index is 1.48. The minimum atomic E-state index is -0.314. The van der Waals surface area contributed by atoms with Crippen LogP contribution in [0, 0.1) is 13.8 Å². The number of nitrogens with one attached hydrogen (secondary N) is 2. The van der Waals surface area contributed by atoms with Crippen molar-refractivity contribution >= 4 is 17.4 Å². The van der Waals surface area contributed by atoms with E-state index in [1.54, 1.807) is 31.2 Å². The van der Waals surface area contributed by atoms with E-state index in [2.05, 4.69) is 39.7 Å². The number of fused-ring (bicyclic) bond motifs is 1. The molecular weight excluding hydrogens is 368 g/mol. The Morgan fingerprint density at radius 1 is 1.00 bits per heavy atom. The van der Waals surface area contributed by atoms with Crippen molar-refractivity contribution in [2.24, 2.45) is 0 Å². The van der Waals surface area contributed by atoms with Crippen LogP contribution in [0.4, 0.5) is 11.5 Å². The van der Waals surface area contributed by atoms with Crippen LogP contribution in [0.15, 0.2) is 48.5 Å². The molecule has 0 fully saturated rings. The van der Waals surface area contributed by atoms with E-state index in [0.29, 0.717) is 54.3 Å². The van der Waals surface area contributed by atoms with Crippen LogP contribution in [0.5, 0.6) is 11.5 Å². The van der Waals surface area contributed by atoms with E-state index >= 15 is 0 Å². The molecule has 4 rings (SSSR count). The van der Waals surface area contributed by atoms with Gasteiger partial charge in [-0.25, -0.2) is 9.97 Å². The first kappa shape index (κ1) is 18.7. The van der Waals surface area contributed by atoms with Crippen LogP contribution in [0.25, 0.3) is 0 Å². The van der Waals surface area contributed by atoms with Gasteiger partial charge in [0.05, 0.1) is 0 Å². The molecule has 2 heterocycles. The van der Waals surface area contributed by atoms with E-state index in [-0.39, 0.29) is 5.91 Å². The van der Waals surface area contributed by atoms with Gasteiger partial charge >= 0.3 is 0 Å². The van der Waals surface area contributed by atoms with Crippen LogP contribution in [-0.2, 0) is 6.54 Å². The average Bonchev–Trinajstić information content (AvgIpc) is 2.73. The van der Waals surface area contributed by atoms with Gasteiger partial charge in [-0.1, -0.05) is 24.3 Å². The second kappa shape index (κ2) is 8.18. The molecule has 7 nitrogen and oxygen atoms in total. The zero-order chi connectivity index (χ0) is 20.2. The molecule has 3 aromatic rings. The van der Waals surface area contributed by atoms with Crippen molar-refractivity contribution in [1.29, 1.82) is 0 Å². The largest absolute Gasteiger partial charge is 0.486 e. The second-order valence-electron chi connectivity index (χ2n) is 6.78. The highest BCUT2D eigenvalue weighted by molar-refractivity contribution is 6.03. The topological polar surface area (TPSA) is 85.4 Å². The van der Waals surface area contributed by atoms with E-state index in [1.165, 1.54) is 11.1 Å². The molecule has 148 valence electrons. The summed E-state index contributed by atoms with van der Waals surface area (Å²) < 4.78 is 11.1. The van der Waals surface area contributed by atoms with Gasteiger partial charge in [0, 0.05) is 24.4 Å². The average molecular weight is 390 g/mol. The molecule has 0 bridgehead atoms. The Morgan fingerprint density at radius 3 is 2.62 bits per heavy atom. The summed E-state index contributed by atoms with van der Waals surface area (Å²) in [5.41, 5.74) is 3.28. The Kier molecular flexibility index (Phi) is 5.29. The molecule has 0 aliphatic carbocycles. The number of anilines is 2. The molecule has 0 radical (unpaired) electrons. The number of aromatic nitrogens is 2. The van der Waals surface area contributed by atoms with Gasteiger partial charge in [0.15, 0.2) is 11.5 Å². The standard InChI is InChI=1S/C22H22N4O3/c1-14-5-3-4-6-16(14)13-23-21-12-18(24-15(2)25-21)22(27)26-17-7-8-19-20(11-17)29-10-9-28-19/h3-8,11-12H,9-10,13H2,1-2H3,(H,26,27)(H,23,24,25). The molecule has 0 unspecified atom stereocenters. The first-order valence-electron chi connectivity index (χ1n) is 9.43. The van der Waals surface area contributed by atoms with Gasteiger partial charge in [0.1, 0.15) is 30.5 Å². The number of carbonyl (C=O) groups excluding carboxylic acids is 1. The fourth-order valence-electron chi connectivity index (χ4n) is 3.09. The summed E-state index contributed by atoms with van der Waals surface area (Å²) in [6.07, 6.45) is 0. The smallest absolute Gasteiger partial charge is 0.274 e. The third-order valence-corrected chi connectivity index (χ3v) is 4.59. The number of hydrogen-bond acceptors (Lipinski definition) is 6. The second-order valence-corrected chi connectivity index (χ2v) is 6.78. The highest BCUT2D eigenvalue weighted by atomic mass is 16.6. The molecule has 2 aromatic carbocycles. The maximum Gasteiger partial charge on any atom is 0.274 e. The van der Waals surface area contributed by atoms with Gasteiger partial charge in [0.25, 0.3) is 5.91 Å². The summed E-state index contributed by atoms with van der Waals surface area (Å²) in [6.45, 7) is 5.46. The van der Waals surface area contributed by atoms with Crippen molar-refractivity contribution in [2.75, 3.05) is 23.8 Å². The number of carbonyl (C=O) groups is 1. The van der Waals surface area contributed by atoms with Crippen molar-refractivity contribution in [1.82, 2.24) is 9.97 Å². The van der Waals surface area contributed by atoms with Crippen LogP contribution in [0.1, 0.15) is 27.4 Å². The number of hydrogen-bond donors (Lipinski definition) is 2. The Labute approximate surface area is 169 Å². The lowest BCUT2D eigenvalue weighted by atomic mass is 10.1. The maximum atomic E-state index is 12.7.